The van der Waals surface area contributed by atoms with Gasteiger partial charge in [-0.1, -0.05) is 37.3 Å². The number of nitrogens with zero attached hydrogens (tertiary/aromatic N) is 3. The molecule has 0 spiro atoms. The average molecular weight is 217 g/mol. The number of aliphatic imine (C=N–C) groups is 1. The molecular weight excluding hydrogens is 198 g/mol. The van der Waals surface area contributed by atoms with Crippen molar-refractivity contribution in [2.24, 2.45) is 4.99 Å². The van der Waals surface area contributed by atoms with Gasteiger partial charge in [0.2, 0.25) is 0 Å². The van der Waals surface area contributed by atoms with Gasteiger partial charge in [0.1, 0.15) is 0 Å². The lowest BCUT2D eigenvalue weighted by Crippen LogP contribution is -2.35. The predicted molar refractivity (Wildman–Crippen MR) is 67.5 cm³/mol. The van der Waals surface area contributed by atoms with E-state index < -0.39 is 0 Å². The average Bonchev–Trinajstić information content (AvgIpc) is 2.82. The Kier molecular flexibility index (Phi) is 3.94. The molecular formula is C13H19N3. The van der Waals surface area contributed by atoms with Crippen molar-refractivity contribution >= 4 is 6.34 Å². The zero-order valence-electron chi connectivity index (χ0n) is 9.84. The topological polar surface area (TPSA) is 18.8 Å². The lowest BCUT2D eigenvalue weighted by Gasteiger charge is -2.25. The molecule has 3 heteroatoms. The van der Waals surface area contributed by atoms with E-state index in [0.29, 0.717) is 0 Å². The zero-order valence-corrected chi connectivity index (χ0v) is 9.84. The van der Waals surface area contributed by atoms with Crippen LogP contribution in [0.4, 0.5) is 0 Å². The standard InChI is InChI=1S/C13H19N3/c1-2-15(12-16-9-8-14-11-16)10-13-6-4-3-5-7-13/h3-7,11H,2,8-10,12H2,1H3. The first kappa shape index (κ1) is 11.1. The van der Waals surface area contributed by atoms with Crippen LogP contribution >= 0.6 is 0 Å². The maximum atomic E-state index is 4.23. The van der Waals surface area contributed by atoms with E-state index in [1.807, 2.05) is 6.34 Å². The van der Waals surface area contributed by atoms with E-state index in [-0.39, 0.29) is 0 Å². The van der Waals surface area contributed by atoms with Gasteiger partial charge in [0, 0.05) is 13.1 Å². The van der Waals surface area contributed by atoms with Gasteiger partial charge in [0.25, 0.3) is 0 Å². The van der Waals surface area contributed by atoms with Crippen molar-refractivity contribution in [1.29, 1.82) is 0 Å². The fourth-order valence-electron chi connectivity index (χ4n) is 1.88. The molecule has 0 atom stereocenters. The molecule has 0 bridgehead atoms. The van der Waals surface area contributed by atoms with Crippen LogP contribution in [-0.2, 0) is 6.54 Å². The Balaban J connectivity index is 1.88. The van der Waals surface area contributed by atoms with Crippen molar-refractivity contribution in [3.63, 3.8) is 0 Å². The molecule has 0 aliphatic carbocycles. The van der Waals surface area contributed by atoms with E-state index in [9.17, 15) is 0 Å². The maximum Gasteiger partial charge on any atom is 0.0861 e. The van der Waals surface area contributed by atoms with Crippen LogP contribution in [0.2, 0.25) is 0 Å². The molecule has 1 heterocycles. The third kappa shape index (κ3) is 3.07. The minimum Gasteiger partial charge on any atom is -0.348 e. The summed E-state index contributed by atoms with van der Waals surface area (Å²) < 4.78 is 0. The van der Waals surface area contributed by atoms with Crippen molar-refractivity contribution in [2.45, 2.75) is 13.5 Å². The van der Waals surface area contributed by atoms with Crippen molar-refractivity contribution in [2.75, 3.05) is 26.3 Å². The second-order valence-corrected chi connectivity index (χ2v) is 4.11. The minimum atomic E-state index is 0.947. The Bertz CT molecular complexity index is 334. The Labute approximate surface area is 97.4 Å². The molecule has 3 nitrogen and oxygen atoms in total. The Morgan fingerprint density at radius 1 is 1.31 bits per heavy atom. The first-order valence-corrected chi connectivity index (χ1v) is 5.89. The molecule has 0 saturated heterocycles. The molecule has 0 amide bonds. The molecule has 0 radical (unpaired) electrons. The van der Waals surface area contributed by atoms with Crippen molar-refractivity contribution < 1.29 is 0 Å². The molecule has 2 rings (SSSR count). The quantitative estimate of drug-likeness (QED) is 0.749. The van der Waals surface area contributed by atoms with Gasteiger partial charge in [0.05, 0.1) is 19.6 Å². The summed E-state index contributed by atoms with van der Waals surface area (Å²) in [5.41, 5.74) is 1.38. The largest absolute Gasteiger partial charge is 0.348 e. The van der Waals surface area contributed by atoms with Crippen molar-refractivity contribution in [3.05, 3.63) is 35.9 Å². The molecule has 86 valence electrons. The third-order valence-corrected chi connectivity index (χ3v) is 2.84. The fraction of sp³-hybridized carbons (Fsp3) is 0.462. The van der Waals surface area contributed by atoms with Crippen LogP contribution < -0.4 is 0 Å². The highest BCUT2D eigenvalue weighted by molar-refractivity contribution is 5.56. The van der Waals surface area contributed by atoms with Crippen molar-refractivity contribution in [1.82, 2.24) is 9.80 Å². The monoisotopic (exact) mass is 217 g/mol. The summed E-state index contributed by atoms with van der Waals surface area (Å²) in [5, 5.41) is 0. The second-order valence-electron chi connectivity index (χ2n) is 4.11. The summed E-state index contributed by atoms with van der Waals surface area (Å²) in [6.45, 7) is 7.28. The van der Waals surface area contributed by atoms with Gasteiger partial charge < -0.3 is 4.90 Å². The molecule has 1 aliphatic rings. The molecule has 16 heavy (non-hydrogen) atoms. The van der Waals surface area contributed by atoms with Gasteiger partial charge in [-0.15, -0.1) is 0 Å². The number of rotatable bonds is 5. The van der Waals surface area contributed by atoms with E-state index in [2.05, 4.69) is 52.0 Å². The smallest absolute Gasteiger partial charge is 0.0861 e. The normalized spacial score (nSPS) is 15.0. The number of hydrogen-bond acceptors (Lipinski definition) is 3. The van der Waals surface area contributed by atoms with Gasteiger partial charge in [0.15, 0.2) is 0 Å². The molecule has 0 aromatic heterocycles. The summed E-state index contributed by atoms with van der Waals surface area (Å²) in [6, 6.07) is 10.6. The summed E-state index contributed by atoms with van der Waals surface area (Å²) in [5.74, 6) is 0. The molecule has 0 unspecified atom stereocenters. The lowest BCUT2D eigenvalue weighted by molar-refractivity contribution is 0.198. The molecule has 0 saturated carbocycles. The van der Waals surface area contributed by atoms with Gasteiger partial charge in [-0.3, -0.25) is 9.89 Å². The molecule has 1 aliphatic heterocycles. The predicted octanol–water partition coefficient (Wildman–Crippen LogP) is 1.81. The molecule has 0 fully saturated rings. The van der Waals surface area contributed by atoms with Crippen LogP contribution in [-0.4, -0.2) is 42.4 Å². The molecule has 1 aromatic rings. The summed E-state index contributed by atoms with van der Waals surface area (Å²) in [7, 11) is 0. The van der Waals surface area contributed by atoms with Crippen LogP contribution in [0.25, 0.3) is 0 Å². The van der Waals surface area contributed by atoms with E-state index in [0.717, 1.165) is 32.8 Å². The van der Waals surface area contributed by atoms with Gasteiger partial charge >= 0.3 is 0 Å². The first-order valence-electron chi connectivity index (χ1n) is 5.89. The van der Waals surface area contributed by atoms with E-state index >= 15 is 0 Å². The highest BCUT2D eigenvalue weighted by Gasteiger charge is 2.10. The lowest BCUT2D eigenvalue weighted by atomic mass is 10.2. The SMILES string of the molecule is CCN(Cc1ccccc1)CN1C=NCC1. The summed E-state index contributed by atoms with van der Waals surface area (Å²) in [6.07, 6.45) is 1.97. The van der Waals surface area contributed by atoms with Crippen LogP contribution in [0, 0.1) is 0 Å². The highest BCUT2D eigenvalue weighted by atomic mass is 15.3. The third-order valence-electron chi connectivity index (χ3n) is 2.84. The fourth-order valence-corrected chi connectivity index (χ4v) is 1.88. The minimum absolute atomic E-state index is 0.947. The molecule has 1 aromatic carbocycles. The Hall–Kier alpha value is -1.35. The maximum absolute atomic E-state index is 4.23. The van der Waals surface area contributed by atoms with Gasteiger partial charge in [-0.25, -0.2) is 0 Å². The first-order chi connectivity index (χ1) is 7.88. The number of benzene rings is 1. The number of hydrogen-bond donors (Lipinski definition) is 0. The Morgan fingerprint density at radius 2 is 2.12 bits per heavy atom. The highest BCUT2D eigenvalue weighted by Crippen LogP contribution is 2.05. The van der Waals surface area contributed by atoms with Crippen LogP contribution in [0.3, 0.4) is 0 Å². The van der Waals surface area contributed by atoms with Crippen LogP contribution in [0.5, 0.6) is 0 Å². The van der Waals surface area contributed by atoms with E-state index in [1.54, 1.807) is 0 Å². The van der Waals surface area contributed by atoms with Gasteiger partial charge in [-0.2, -0.15) is 0 Å². The summed E-state index contributed by atoms with van der Waals surface area (Å²) >= 11 is 0. The van der Waals surface area contributed by atoms with Crippen molar-refractivity contribution in [3.8, 4) is 0 Å². The van der Waals surface area contributed by atoms with E-state index in [4.69, 9.17) is 0 Å². The second kappa shape index (κ2) is 5.66. The Morgan fingerprint density at radius 3 is 2.75 bits per heavy atom. The van der Waals surface area contributed by atoms with Crippen LogP contribution in [0.1, 0.15) is 12.5 Å². The van der Waals surface area contributed by atoms with Crippen LogP contribution in [0.15, 0.2) is 35.3 Å². The molecule has 0 N–H and O–H groups in total. The zero-order chi connectivity index (χ0) is 11.2. The summed E-state index contributed by atoms with van der Waals surface area (Å²) in [4.78, 5) is 8.93. The van der Waals surface area contributed by atoms with E-state index in [1.165, 1.54) is 5.56 Å². The van der Waals surface area contributed by atoms with Gasteiger partial charge in [-0.05, 0) is 12.1 Å².